The molecule has 2 N–H and O–H groups in total. The second-order valence-electron chi connectivity index (χ2n) is 4.27. The first-order chi connectivity index (χ1) is 7.16. The molecule has 1 unspecified atom stereocenters. The van der Waals surface area contributed by atoms with Crippen LogP contribution in [0.15, 0.2) is 16.7 Å². The number of rotatable bonds is 2. The predicted molar refractivity (Wildman–Crippen MR) is 59.1 cm³/mol. The van der Waals surface area contributed by atoms with Crippen LogP contribution in [0.1, 0.15) is 19.8 Å². The lowest BCUT2D eigenvalue weighted by Gasteiger charge is -2.31. The molecule has 1 atom stereocenters. The Labute approximate surface area is 89.7 Å². The quantitative estimate of drug-likeness (QED) is 0.683. The van der Waals surface area contributed by atoms with Gasteiger partial charge in [0.2, 0.25) is 0 Å². The third-order valence-corrected chi connectivity index (χ3v) is 2.88. The summed E-state index contributed by atoms with van der Waals surface area (Å²) < 4.78 is 5.07. The molecule has 1 aromatic heterocycles. The molecule has 0 radical (unpaired) electrons. The minimum absolute atomic E-state index is 0.211. The van der Waals surface area contributed by atoms with E-state index in [4.69, 9.17) is 14.5 Å². The van der Waals surface area contributed by atoms with E-state index in [0.29, 0.717) is 5.92 Å². The van der Waals surface area contributed by atoms with Crippen molar-refractivity contribution in [2.45, 2.75) is 19.8 Å². The van der Waals surface area contributed by atoms with Gasteiger partial charge in [0.1, 0.15) is 11.9 Å². The van der Waals surface area contributed by atoms with Gasteiger partial charge in [-0.3, -0.25) is 0 Å². The molecule has 82 valence electrons. The van der Waals surface area contributed by atoms with Crippen LogP contribution in [-0.4, -0.2) is 30.3 Å². The molecule has 1 aliphatic rings. The van der Waals surface area contributed by atoms with E-state index in [-0.39, 0.29) is 5.66 Å². The number of nitrogens with zero attached hydrogens (tertiary/aromatic N) is 1. The van der Waals surface area contributed by atoms with Gasteiger partial charge in [0.05, 0.1) is 5.69 Å². The van der Waals surface area contributed by atoms with Gasteiger partial charge in [-0.1, -0.05) is 6.92 Å². The zero-order valence-electron chi connectivity index (χ0n) is 8.89. The maximum atomic E-state index is 8.93. The van der Waals surface area contributed by atoms with E-state index in [9.17, 15) is 0 Å². The molecule has 1 saturated heterocycles. The Hall–Kier alpha value is -0.935. The molecule has 1 fully saturated rings. The molecule has 4 nitrogen and oxygen atoms in total. The molecule has 0 aromatic carbocycles. The molecule has 0 spiro atoms. The molecule has 2 heterocycles. The van der Waals surface area contributed by atoms with E-state index in [2.05, 4.69) is 11.8 Å². The number of anilines is 1. The van der Waals surface area contributed by atoms with Crippen LogP contribution in [0.3, 0.4) is 0 Å². The van der Waals surface area contributed by atoms with E-state index in [1.165, 1.54) is 12.8 Å². The van der Waals surface area contributed by atoms with Crippen LogP contribution < -0.4 is 10.6 Å². The summed E-state index contributed by atoms with van der Waals surface area (Å²) in [6.07, 6.45) is 4.04. The number of furan rings is 1. The van der Waals surface area contributed by atoms with Gasteiger partial charge in [-0.15, -0.1) is 0 Å². The summed E-state index contributed by atoms with van der Waals surface area (Å²) in [5.41, 5.74) is 1.16. The second kappa shape index (κ2) is 4.29. The summed E-state index contributed by atoms with van der Waals surface area (Å²) in [7, 11) is -1.51. The first-order valence-corrected chi connectivity index (χ1v) is 5.36. The topological polar surface area (TPSA) is 56.8 Å². The summed E-state index contributed by atoms with van der Waals surface area (Å²) >= 11 is 0. The molecule has 15 heavy (non-hydrogen) atoms. The van der Waals surface area contributed by atoms with Gasteiger partial charge in [-0.2, -0.15) is 0 Å². The Morgan fingerprint density at radius 2 is 2.33 bits per heavy atom. The lowest BCUT2D eigenvalue weighted by Crippen LogP contribution is -2.34. The zero-order chi connectivity index (χ0) is 10.8. The van der Waals surface area contributed by atoms with Crippen LogP contribution in [0.5, 0.6) is 0 Å². The lowest BCUT2D eigenvalue weighted by molar-refractivity contribution is 0.409. The van der Waals surface area contributed by atoms with Crippen molar-refractivity contribution in [1.82, 2.24) is 0 Å². The maximum absolute atomic E-state index is 8.93. The van der Waals surface area contributed by atoms with Crippen molar-refractivity contribution >= 4 is 18.5 Å². The molecule has 0 saturated carbocycles. The van der Waals surface area contributed by atoms with E-state index >= 15 is 0 Å². The van der Waals surface area contributed by atoms with Crippen molar-refractivity contribution in [3.63, 3.8) is 0 Å². The average molecular weight is 209 g/mol. The van der Waals surface area contributed by atoms with Gasteiger partial charge in [0, 0.05) is 13.1 Å². The molecular formula is C10H16BNO3. The Morgan fingerprint density at radius 1 is 1.53 bits per heavy atom. The highest BCUT2D eigenvalue weighted by Crippen LogP contribution is 2.22. The highest BCUT2D eigenvalue weighted by atomic mass is 16.4. The van der Waals surface area contributed by atoms with Crippen molar-refractivity contribution in [3.05, 3.63) is 12.3 Å². The molecular weight excluding hydrogens is 193 g/mol. The standard InChI is InChI=1S/C10H16BNO3/c1-8-3-2-4-12(6-8)9-5-10(11(13)14)15-7-9/h5,7-8,13-14H,2-4,6H2,1H3. The van der Waals surface area contributed by atoms with Crippen molar-refractivity contribution in [3.8, 4) is 0 Å². The molecule has 0 amide bonds. The smallest absolute Gasteiger partial charge is 0.471 e. The van der Waals surface area contributed by atoms with Crippen LogP contribution >= 0.6 is 0 Å². The number of hydrogen-bond acceptors (Lipinski definition) is 4. The fraction of sp³-hybridized carbons (Fsp3) is 0.600. The fourth-order valence-corrected chi connectivity index (χ4v) is 2.07. The number of piperidine rings is 1. The summed E-state index contributed by atoms with van der Waals surface area (Å²) in [6, 6.07) is 1.70. The maximum Gasteiger partial charge on any atom is 0.526 e. The molecule has 0 aliphatic carbocycles. The van der Waals surface area contributed by atoms with Crippen LogP contribution in [0.4, 0.5) is 5.69 Å². The van der Waals surface area contributed by atoms with Gasteiger partial charge >= 0.3 is 7.12 Å². The van der Waals surface area contributed by atoms with Crippen LogP contribution in [0.25, 0.3) is 0 Å². The SMILES string of the molecule is CC1CCCN(c2coc(B(O)O)c2)C1. The van der Waals surface area contributed by atoms with Gasteiger partial charge in [-0.25, -0.2) is 0 Å². The Kier molecular flexibility index (Phi) is 3.02. The molecule has 1 aromatic rings. The summed E-state index contributed by atoms with van der Waals surface area (Å²) in [5, 5.41) is 17.9. The third kappa shape index (κ3) is 2.35. The van der Waals surface area contributed by atoms with Gasteiger partial charge in [-0.05, 0) is 24.8 Å². The third-order valence-electron chi connectivity index (χ3n) is 2.88. The molecule has 2 rings (SSSR count). The monoisotopic (exact) mass is 209 g/mol. The van der Waals surface area contributed by atoms with E-state index in [0.717, 1.165) is 18.8 Å². The van der Waals surface area contributed by atoms with Gasteiger partial charge < -0.3 is 19.4 Å². The zero-order valence-corrected chi connectivity index (χ0v) is 8.89. The lowest BCUT2D eigenvalue weighted by atomic mass is 9.88. The Balaban J connectivity index is 2.08. The highest BCUT2D eigenvalue weighted by Gasteiger charge is 2.21. The molecule has 1 aliphatic heterocycles. The van der Waals surface area contributed by atoms with Crippen molar-refractivity contribution in [2.24, 2.45) is 5.92 Å². The first kappa shape index (κ1) is 10.6. The minimum atomic E-state index is -1.51. The second-order valence-corrected chi connectivity index (χ2v) is 4.27. The Bertz CT molecular complexity index is 326. The largest absolute Gasteiger partial charge is 0.526 e. The van der Waals surface area contributed by atoms with Crippen molar-refractivity contribution < 1.29 is 14.5 Å². The van der Waals surface area contributed by atoms with E-state index in [1.807, 2.05) is 0 Å². The van der Waals surface area contributed by atoms with Crippen molar-refractivity contribution in [2.75, 3.05) is 18.0 Å². The average Bonchev–Trinajstić information content (AvgIpc) is 2.66. The Morgan fingerprint density at radius 3 is 2.93 bits per heavy atom. The molecule has 0 bridgehead atoms. The highest BCUT2D eigenvalue weighted by molar-refractivity contribution is 6.57. The number of hydrogen-bond donors (Lipinski definition) is 2. The van der Waals surface area contributed by atoms with Crippen LogP contribution in [0.2, 0.25) is 0 Å². The first-order valence-electron chi connectivity index (χ1n) is 5.36. The van der Waals surface area contributed by atoms with Crippen LogP contribution in [0, 0.1) is 5.92 Å². The summed E-state index contributed by atoms with van der Waals surface area (Å²) in [4.78, 5) is 2.23. The van der Waals surface area contributed by atoms with E-state index < -0.39 is 7.12 Å². The summed E-state index contributed by atoms with van der Waals surface area (Å²) in [6.45, 7) is 4.26. The predicted octanol–water partition coefficient (Wildman–Crippen LogP) is 0.196. The van der Waals surface area contributed by atoms with Crippen LogP contribution in [-0.2, 0) is 0 Å². The van der Waals surface area contributed by atoms with Crippen molar-refractivity contribution in [1.29, 1.82) is 0 Å². The molecule has 5 heteroatoms. The normalized spacial score (nSPS) is 21.8. The van der Waals surface area contributed by atoms with E-state index in [1.54, 1.807) is 12.3 Å². The minimum Gasteiger partial charge on any atom is -0.471 e. The summed E-state index contributed by atoms with van der Waals surface area (Å²) in [5.74, 6) is 0.691. The van der Waals surface area contributed by atoms with Gasteiger partial charge in [0.25, 0.3) is 0 Å². The fourth-order valence-electron chi connectivity index (χ4n) is 2.07. The van der Waals surface area contributed by atoms with Gasteiger partial charge in [0.15, 0.2) is 0 Å².